The van der Waals surface area contributed by atoms with Crippen LogP contribution in [0.4, 0.5) is 5.69 Å². The number of anilines is 1. The van der Waals surface area contributed by atoms with Gasteiger partial charge < -0.3 is 10.5 Å². The highest BCUT2D eigenvalue weighted by molar-refractivity contribution is 6.35. The van der Waals surface area contributed by atoms with Crippen LogP contribution in [0.15, 0.2) is 18.2 Å². The molecule has 1 aliphatic heterocycles. The van der Waals surface area contributed by atoms with Gasteiger partial charge >= 0.3 is 0 Å². The molecule has 2 aromatic rings. The van der Waals surface area contributed by atoms with Gasteiger partial charge in [-0.3, -0.25) is 0 Å². The number of benzene rings is 1. The number of hydrogen-bond donors (Lipinski definition) is 1. The molecular weight excluding hydrogens is 290 g/mol. The first-order valence-corrected chi connectivity index (χ1v) is 7.55. The minimum atomic E-state index is 0.298. The van der Waals surface area contributed by atoms with Crippen LogP contribution in [0.5, 0.6) is 0 Å². The number of tetrazole rings is 1. The highest BCUT2D eigenvalue weighted by Gasteiger charge is 2.17. The van der Waals surface area contributed by atoms with E-state index >= 15 is 0 Å². The second-order valence-electron chi connectivity index (χ2n) is 5.21. The van der Waals surface area contributed by atoms with Crippen molar-refractivity contribution in [3.8, 4) is 11.4 Å². The van der Waals surface area contributed by atoms with Crippen LogP contribution in [0.2, 0.25) is 5.02 Å². The van der Waals surface area contributed by atoms with Crippen molar-refractivity contribution in [3.05, 3.63) is 23.2 Å². The Hall–Kier alpha value is -1.66. The molecule has 1 saturated heterocycles. The molecule has 0 saturated carbocycles. The predicted octanol–water partition coefficient (Wildman–Crippen LogP) is 2.53. The van der Waals surface area contributed by atoms with Crippen molar-refractivity contribution in [2.45, 2.75) is 38.3 Å². The van der Waals surface area contributed by atoms with Gasteiger partial charge in [-0.2, -0.15) is 0 Å². The maximum atomic E-state index is 6.25. The monoisotopic (exact) mass is 307 g/mol. The van der Waals surface area contributed by atoms with Crippen molar-refractivity contribution < 1.29 is 4.74 Å². The number of halogens is 1. The standard InChI is InChI=1S/C14H18ClN5O/c15-13-11(5-3-6-12(13)16)14-17-18-19-20(14)8-7-10-4-1-2-9-21-10/h3,5-6,10H,1-2,4,7-9,16H2. The van der Waals surface area contributed by atoms with Crippen molar-refractivity contribution in [3.63, 3.8) is 0 Å². The molecule has 1 aromatic heterocycles. The van der Waals surface area contributed by atoms with Crippen LogP contribution in [-0.4, -0.2) is 32.9 Å². The highest BCUT2D eigenvalue weighted by Crippen LogP contribution is 2.30. The third kappa shape index (κ3) is 3.16. The normalized spacial score (nSPS) is 18.8. The minimum absolute atomic E-state index is 0.298. The van der Waals surface area contributed by atoms with Crippen molar-refractivity contribution in [2.24, 2.45) is 0 Å². The van der Waals surface area contributed by atoms with Gasteiger partial charge in [-0.15, -0.1) is 5.10 Å². The summed E-state index contributed by atoms with van der Waals surface area (Å²) >= 11 is 6.25. The van der Waals surface area contributed by atoms with Gasteiger partial charge in [-0.1, -0.05) is 17.7 Å². The summed E-state index contributed by atoms with van der Waals surface area (Å²) in [7, 11) is 0. The van der Waals surface area contributed by atoms with E-state index in [1.807, 2.05) is 12.1 Å². The number of aryl methyl sites for hydroxylation is 1. The molecule has 0 bridgehead atoms. The topological polar surface area (TPSA) is 78.9 Å². The van der Waals surface area contributed by atoms with E-state index in [1.54, 1.807) is 10.7 Å². The van der Waals surface area contributed by atoms with Gasteiger partial charge in [-0.25, -0.2) is 4.68 Å². The van der Waals surface area contributed by atoms with E-state index in [0.29, 0.717) is 29.2 Å². The van der Waals surface area contributed by atoms with Crippen molar-refractivity contribution in [2.75, 3.05) is 12.3 Å². The van der Waals surface area contributed by atoms with Crippen LogP contribution >= 0.6 is 11.6 Å². The second-order valence-corrected chi connectivity index (χ2v) is 5.59. The number of hydrogen-bond acceptors (Lipinski definition) is 5. The van der Waals surface area contributed by atoms with E-state index in [-0.39, 0.29) is 0 Å². The Balaban J connectivity index is 1.76. The molecule has 1 aliphatic rings. The van der Waals surface area contributed by atoms with Gasteiger partial charge in [0.1, 0.15) is 0 Å². The molecule has 2 heterocycles. The molecule has 7 heteroatoms. The zero-order chi connectivity index (χ0) is 14.7. The lowest BCUT2D eigenvalue weighted by Gasteiger charge is -2.22. The Morgan fingerprint density at radius 3 is 3.10 bits per heavy atom. The number of nitrogen functional groups attached to an aromatic ring is 1. The second kappa shape index (κ2) is 6.41. The Bertz CT molecular complexity index is 609. The minimum Gasteiger partial charge on any atom is -0.398 e. The predicted molar refractivity (Wildman–Crippen MR) is 80.9 cm³/mol. The number of rotatable bonds is 4. The van der Waals surface area contributed by atoms with Crippen LogP contribution in [0.3, 0.4) is 0 Å². The van der Waals surface area contributed by atoms with Crippen LogP contribution < -0.4 is 5.73 Å². The van der Waals surface area contributed by atoms with Crippen LogP contribution in [-0.2, 0) is 11.3 Å². The molecule has 3 rings (SSSR count). The third-order valence-electron chi connectivity index (χ3n) is 3.74. The van der Waals surface area contributed by atoms with Gasteiger partial charge in [0.05, 0.1) is 16.8 Å². The van der Waals surface area contributed by atoms with Crippen LogP contribution in [0.25, 0.3) is 11.4 Å². The highest BCUT2D eigenvalue weighted by atomic mass is 35.5. The van der Waals surface area contributed by atoms with E-state index in [1.165, 1.54) is 6.42 Å². The summed E-state index contributed by atoms with van der Waals surface area (Å²) in [6.45, 7) is 1.56. The third-order valence-corrected chi connectivity index (χ3v) is 4.16. The first-order valence-electron chi connectivity index (χ1n) is 7.18. The van der Waals surface area contributed by atoms with E-state index in [2.05, 4.69) is 15.5 Å². The van der Waals surface area contributed by atoms with Crippen molar-refractivity contribution >= 4 is 17.3 Å². The summed E-state index contributed by atoms with van der Waals surface area (Å²) in [6, 6.07) is 5.48. The van der Waals surface area contributed by atoms with E-state index in [4.69, 9.17) is 22.1 Å². The first kappa shape index (κ1) is 14.3. The summed E-state index contributed by atoms with van der Waals surface area (Å²) in [5, 5.41) is 12.4. The molecule has 0 spiro atoms. The fourth-order valence-electron chi connectivity index (χ4n) is 2.57. The fraction of sp³-hybridized carbons (Fsp3) is 0.500. The maximum Gasteiger partial charge on any atom is 0.183 e. The molecule has 1 aromatic carbocycles. The number of nitrogens with zero attached hydrogens (tertiary/aromatic N) is 4. The first-order chi connectivity index (χ1) is 10.3. The Morgan fingerprint density at radius 1 is 1.38 bits per heavy atom. The molecule has 2 N–H and O–H groups in total. The SMILES string of the molecule is Nc1cccc(-c2nnnn2CCC2CCCCO2)c1Cl. The number of aromatic nitrogens is 4. The molecule has 21 heavy (non-hydrogen) atoms. The van der Waals surface area contributed by atoms with Gasteiger partial charge in [-0.05, 0) is 48.2 Å². The van der Waals surface area contributed by atoms with Crippen LogP contribution in [0.1, 0.15) is 25.7 Å². The molecule has 1 unspecified atom stereocenters. The lowest BCUT2D eigenvalue weighted by molar-refractivity contribution is 0.00828. The largest absolute Gasteiger partial charge is 0.398 e. The maximum absolute atomic E-state index is 6.25. The van der Waals surface area contributed by atoms with Crippen LogP contribution in [0, 0.1) is 0 Å². The van der Waals surface area contributed by atoms with Gasteiger partial charge in [0.25, 0.3) is 0 Å². The summed E-state index contributed by atoms with van der Waals surface area (Å²) < 4.78 is 7.50. The zero-order valence-corrected chi connectivity index (χ0v) is 12.5. The molecule has 6 nitrogen and oxygen atoms in total. The van der Waals surface area contributed by atoms with Gasteiger partial charge in [0, 0.05) is 18.7 Å². The lowest BCUT2D eigenvalue weighted by Crippen LogP contribution is -2.21. The number of ether oxygens (including phenoxy) is 1. The Kier molecular flexibility index (Phi) is 4.36. The average Bonchev–Trinajstić information content (AvgIpc) is 2.97. The van der Waals surface area contributed by atoms with E-state index in [0.717, 1.165) is 31.4 Å². The average molecular weight is 308 g/mol. The van der Waals surface area contributed by atoms with E-state index in [9.17, 15) is 0 Å². The van der Waals surface area contributed by atoms with E-state index < -0.39 is 0 Å². The molecule has 1 atom stereocenters. The quantitative estimate of drug-likeness (QED) is 0.878. The lowest BCUT2D eigenvalue weighted by atomic mass is 10.1. The summed E-state index contributed by atoms with van der Waals surface area (Å²) in [5.74, 6) is 0.642. The summed E-state index contributed by atoms with van der Waals surface area (Å²) in [4.78, 5) is 0. The molecule has 0 radical (unpaired) electrons. The van der Waals surface area contributed by atoms with Crippen molar-refractivity contribution in [1.29, 1.82) is 0 Å². The smallest absolute Gasteiger partial charge is 0.183 e. The van der Waals surface area contributed by atoms with Gasteiger partial charge in [0.2, 0.25) is 0 Å². The Labute approximate surface area is 128 Å². The zero-order valence-electron chi connectivity index (χ0n) is 11.7. The molecule has 0 amide bonds. The fourth-order valence-corrected chi connectivity index (χ4v) is 2.78. The molecule has 1 fully saturated rings. The molecule has 0 aliphatic carbocycles. The van der Waals surface area contributed by atoms with Crippen molar-refractivity contribution in [1.82, 2.24) is 20.2 Å². The summed E-state index contributed by atoms with van der Waals surface area (Å²) in [6.07, 6.45) is 4.70. The molecule has 112 valence electrons. The Morgan fingerprint density at radius 2 is 2.29 bits per heavy atom. The summed E-state index contributed by atoms with van der Waals surface area (Å²) in [5.41, 5.74) is 7.12. The number of nitrogens with two attached hydrogens (primary N) is 1. The van der Waals surface area contributed by atoms with Gasteiger partial charge in [0.15, 0.2) is 5.82 Å². The molecular formula is C14H18ClN5O.